The minimum atomic E-state index is -0.844. The second kappa shape index (κ2) is 7.43. The monoisotopic (exact) mass is 436 g/mol. The molecule has 6 nitrogen and oxygen atoms in total. The van der Waals surface area contributed by atoms with Gasteiger partial charge in [-0.1, -0.05) is 6.07 Å². The van der Waals surface area contributed by atoms with E-state index in [0.717, 1.165) is 12.0 Å². The molecule has 0 aromatic heterocycles. The van der Waals surface area contributed by atoms with Gasteiger partial charge in [0.15, 0.2) is 10.8 Å². The summed E-state index contributed by atoms with van der Waals surface area (Å²) in [7, 11) is 3.12. The molecule has 1 heterocycles. The van der Waals surface area contributed by atoms with Crippen molar-refractivity contribution in [3.8, 4) is 0 Å². The molecular weight excluding hydrogens is 415 g/mol. The highest BCUT2D eigenvalue weighted by Gasteiger charge is 2.59. The minimum absolute atomic E-state index is 0.0323. The van der Waals surface area contributed by atoms with E-state index in [9.17, 15) is 14.0 Å². The fourth-order valence-corrected chi connectivity index (χ4v) is 4.64. The molecule has 31 heavy (non-hydrogen) atoms. The summed E-state index contributed by atoms with van der Waals surface area (Å²) in [5.41, 5.74) is 1.43. The standard InChI is InChI=1S/C23H21FN4O2S/c1-14-12-15(7-9-19(14)25-2)27-21(30)23(10-5-11-23)28(22(27)31)16-6-8-17(18(24)13-16)20(29)26(3)4/h6-9,12-13H,5,10-11H2,1,3-4H3. The number of nitrogens with zero attached hydrogens (tertiary/aromatic N) is 4. The van der Waals surface area contributed by atoms with Gasteiger partial charge in [0.2, 0.25) is 0 Å². The number of halogens is 1. The normalized spacial score (nSPS) is 17.0. The number of benzene rings is 2. The average Bonchev–Trinajstić information content (AvgIpc) is 2.94. The molecule has 0 atom stereocenters. The van der Waals surface area contributed by atoms with Crippen LogP contribution in [0.4, 0.5) is 21.5 Å². The molecule has 2 aromatic rings. The van der Waals surface area contributed by atoms with Crippen molar-refractivity contribution < 1.29 is 14.0 Å². The van der Waals surface area contributed by atoms with E-state index in [-0.39, 0.29) is 16.6 Å². The van der Waals surface area contributed by atoms with E-state index in [2.05, 4.69) is 4.85 Å². The summed E-state index contributed by atoms with van der Waals surface area (Å²) in [5.74, 6) is -1.23. The van der Waals surface area contributed by atoms with Crippen LogP contribution in [0.15, 0.2) is 36.4 Å². The van der Waals surface area contributed by atoms with Crippen LogP contribution in [0.2, 0.25) is 0 Å². The van der Waals surface area contributed by atoms with Crippen LogP contribution in [0.3, 0.4) is 0 Å². The number of amides is 2. The molecule has 2 aromatic carbocycles. The topological polar surface area (TPSA) is 48.2 Å². The lowest BCUT2D eigenvalue weighted by atomic mass is 9.75. The van der Waals surface area contributed by atoms with E-state index in [1.807, 2.05) is 6.92 Å². The number of rotatable bonds is 3. The highest BCUT2D eigenvalue weighted by Crippen LogP contribution is 2.48. The summed E-state index contributed by atoms with van der Waals surface area (Å²) in [6.07, 6.45) is 2.09. The predicted molar refractivity (Wildman–Crippen MR) is 121 cm³/mol. The Kier molecular flexibility index (Phi) is 5.02. The molecule has 1 saturated carbocycles. The Bertz CT molecular complexity index is 1170. The first-order chi connectivity index (χ1) is 14.7. The maximum Gasteiger partial charge on any atom is 0.259 e. The van der Waals surface area contributed by atoms with Crippen molar-refractivity contribution >= 4 is 46.2 Å². The molecule has 2 amide bonds. The molecular formula is C23H21FN4O2S. The number of carbonyl (C=O) groups excluding carboxylic acids is 2. The molecule has 158 valence electrons. The number of hydrogen-bond acceptors (Lipinski definition) is 3. The van der Waals surface area contributed by atoms with Gasteiger partial charge in [-0.15, -0.1) is 0 Å². The predicted octanol–water partition coefficient (Wildman–Crippen LogP) is 4.45. The van der Waals surface area contributed by atoms with E-state index in [1.54, 1.807) is 43.3 Å². The zero-order valence-electron chi connectivity index (χ0n) is 17.5. The second-order valence-electron chi connectivity index (χ2n) is 8.09. The molecule has 1 aliphatic heterocycles. The van der Waals surface area contributed by atoms with Crippen molar-refractivity contribution in [2.24, 2.45) is 0 Å². The van der Waals surface area contributed by atoms with Gasteiger partial charge in [0.05, 0.1) is 12.1 Å². The minimum Gasteiger partial charge on any atom is -0.345 e. The van der Waals surface area contributed by atoms with Crippen LogP contribution in [0.5, 0.6) is 0 Å². The van der Waals surface area contributed by atoms with Crippen molar-refractivity contribution in [3.63, 3.8) is 0 Å². The van der Waals surface area contributed by atoms with Gasteiger partial charge in [0.1, 0.15) is 11.4 Å². The zero-order valence-corrected chi connectivity index (χ0v) is 18.3. The Hall–Kier alpha value is -3.31. The van der Waals surface area contributed by atoms with Gasteiger partial charge in [0.25, 0.3) is 11.8 Å². The van der Waals surface area contributed by atoms with Gasteiger partial charge in [0, 0.05) is 25.5 Å². The molecule has 0 unspecified atom stereocenters. The molecule has 1 spiro atoms. The molecule has 0 N–H and O–H groups in total. The Balaban J connectivity index is 1.77. The van der Waals surface area contributed by atoms with Crippen molar-refractivity contribution in [2.45, 2.75) is 31.7 Å². The van der Waals surface area contributed by atoms with Crippen LogP contribution >= 0.6 is 12.2 Å². The first-order valence-corrected chi connectivity index (χ1v) is 10.3. The highest BCUT2D eigenvalue weighted by molar-refractivity contribution is 7.81. The molecule has 2 fully saturated rings. The molecule has 8 heteroatoms. The van der Waals surface area contributed by atoms with Gasteiger partial charge < -0.3 is 9.80 Å². The second-order valence-corrected chi connectivity index (χ2v) is 8.46. The summed E-state index contributed by atoms with van der Waals surface area (Å²) in [4.78, 5) is 33.7. The molecule has 0 radical (unpaired) electrons. The lowest BCUT2D eigenvalue weighted by Crippen LogP contribution is -2.55. The largest absolute Gasteiger partial charge is 0.345 e. The van der Waals surface area contributed by atoms with Crippen molar-refractivity contribution in [1.82, 2.24) is 4.90 Å². The van der Waals surface area contributed by atoms with Crippen LogP contribution in [0.1, 0.15) is 35.2 Å². The summed E-state index contributed by atoms with van der Waals surface area (Å²) < 4.78 is 14.8. The summed E-state index contributed by atoms with van der Waals surface area (Å²) >= 11 is 5.70. The maximum absolute atomic E-state index is 14.8. The number of anilines is 2. The summed E-state index contributed by atoms with van der Waals surface area (Å²) in [6, 6.07) is 9.49. The highest BCUT2D eigenvalue weighted by atomic mass is 32.1. The van der Waals surface area contributed by atoms with Crippen LogP contribution in [0.25, 0.3) is 4.85 Å². The van der Waals surface area contributed by atoms with Gasteiger partial charge in [-0.05, 0) is 74.3 Å². The summed E-state index contributed by atoms with van der Waals surface area (Å²) in [6.45, 7) is 9.04. The lowest BCUT2D eigenvalue weighted by molar-refractivity contribution is -0.123. The third-order valence-electron chi connectivity index (χ3n) is 6.00. The first-order valence-electron chi connectivity index (χ1n) is 9.89. The van der Waals surface area contributed by atoms with E-state index < -0.39 is 17.3 Å². The summed E-state index contributed by atoms with van der Waals surface area (Å²) in [5, 5.41) is 0.269. The first kappa shape index (κ1) is 20.9. The van der Waals surface area contributed by atoms with Crippen molar-refractivity contribution in [1.29, 1.82) is 0 Å². The number of hydrogen-bond donors (Lipinski definition) is 0. The smallest absolute Gasteiger partial charge is 0.259 e. The van der Waals surface area contributed by atoms with Gasteiger partial charge >= 0.3 is 0 Å². The van der Waals surface area contributed by atoms with Crippen LogP contribution in [0, 0.1) is 19.3 Å². The Morgan fingerprint density at radius 1 is 1.19 bits per heavy atom. The van der Waals surface area contributed by atoms with Crippen LogP contribution in [-0.4, -0.2) is 41.5 Å². The lowest BCUT2D eigenvalue weighted by Gasteiger charge is -2.43. The number of aryl methyl sites for hydroxylation is 1. The molecule has 4 rings (SSSR count). The average molecular weight is 437 g/mol. The molecule has 1 aliphatic carbocycles. The number of thiocarbonyl (C=S) groups is 1. The Morgan fingerprint density at radius 2 is 1.87 bits per heavy atom. The third-order valence-corrected chi connectivity index (χ3v) is 6.36. The number of carbonyl (C=O) groups is 2. The van der Waals surface area contributed by atoms with Gasteiger partial charge in [-0.3, -0.25) is 14.5 Å². The van der Waals surface area contributed by atoms with Crippen molar-refractivity contribution in [3.05, 3.63) is 64.8 Å². The fraction of sp³-hybridized carbons (Fsp3) is 0.304. The van der Waals surface area contributed by atoms with Gasteiger partial charge in [-0.2, -0.15) is 0 Å². The SMILES string of the molecule is [C-]#[N+]c1ccc(N2C(=O)C3(CCC3)N(c3ccc(C(=O)N(C)C)c(F)c3)C2=S)cc1C. The van der Waals surface area contributed by atoms with E-state index in [1.165, 1.54) is 21.9 Å². The molecule has 2 aliphatic rings. The van der Waals surface area contributed by atoms with Crippen LogP contribution < -0.4 is 9.80 Å². The maximum atomic E-state index is 14.8. The molecule has 0 bridgehead atoms. The molecule has 1 saturated heterocycles. The quantitative estimate of drug-likeness (QED) is 0.527. The van der Waals surface area contributed by atoms with Crippen LogP contribution in [-0.2, 0) is 4.79 Å². The third kappa shape index (κ3) is 3.08. The fourth-order valence-electron chi connectivity index (χ4n) is 4.17. The van der Waals surface area contributed by atoms with Gasteiger partial charge in [-0.25, -0.2) is 9.24 Å². The Labute approximate surface area is 185 Å². The van der Waals surface area contributed by atoms with Crippen molar-refractivity contribution in [2.75, 3.05) is 23.9 Å². The van der Waals surface area contributed by atoms with E-state index in [4.69, 9.17) is 18.8 Å². The Morgan fingerprint density at radius 3 is 2.39 bits per heavy atom. The van der Waals surface area contributed by atoms with E-state index >= 15 is 0 Å². The zero-order chi connectivity index (χ0) is 22.5. The van der Waals surface area contributed by atoms with E-state index in [0.29, 0.717) is 29.9 Å².